The van der Waals surface area contributed by atoms with E-state index in [0.717, 1.165) is 17.0 Å². The summed E-state index contributed by atoms with van der Waals surface area (Å²) < 4.78 is 0. The number of benzene rings is 2. The molecular formula is C17H18N2O. The maximum atomic E-state index is 5.62. The fraction of sp³-hybridized carbons (Fsp3) is 0.235. The normalized spacial score (nSPS) is 20.1. The third-order valence-corrected chi connectivity index (χ3v) is 3.63. The van der Waals surface area contributed by atoms with Crippen molar-refractivity contribution in [3.63, 3.8) is 0 Å². The second-order valence-electron chi connectivity index (χ2n) is 5.52. The predicted octanol–water partition coefficient (Wildman–Crippen LogP) is 3.89. The molecular weight excluding hydrogens is 248 g/mol. The monoisotopic (exact) mass is 266 g/mol. The van der Waals surface area contributed by atoms with Crippen LogP contribution in [-0.4, -0.2) is 11.9 Å². The van der Waals surface area contributed by atoms with Crippen molar-refractivity contribution in [2.45, 2.75) is 20.1 Å². The molecule has 1 unspecified atom stereocenters. The zero-order valence-electron chi connectivity index (χ0n) is 11.7. The molecule has 1 N–H and O–H groups in total. The summed E-state index contributed by atoms with van der Waals surface area (Å²) in [7, 11) is 0. The first-order valence-corrected chi connectivity index (χ1v) is 6.79. The molecule has 0 aromatic heterocycles. The van der Waals surface area contributed by atoms with Gasteiger partial charge < -0.3 is 10.2 Å². The summed E-state index contributed by atoms with van der Waals surface area (Å²) >= 11 is 0. The molecule has 102 valence electrons. The van der Waals surface area contributed by atoms with Crippen molar-refractivity contribution in [1.82, 2.24) is 0 Å². The fourth-order valence-corrected chi connectivity index (χ4v) is 2.39. The smallest absolute Gasteiger partial charge is 0.208 e. The summed E-state index contributed by atoms with van der Waals surface area (Å²) in [6.07, 6.45) is -0.167. The average Bonchev–Trinajstić information content (AvgIpc) is 2.76. The second-order valence-corrected chi connectivity index (χ2v) is 5.52. The van der Waals surface area contributed by atoms with Crippen LogP contribution in [0.5, 0.6) is 0 Å². The third kappa shape index (κ3) is 2.27. The van der Waals surface area contributed by atoms with Gasteiger partial charge in [0, 0.05) is 11.3 Å². The first-order valence-electron chi connectivity index (χ1n) is 6.79. The lowest BCUT2D eigenvalue weighted by Crippen LogP contribution is -2.38. The van der Waals surface area contributed by atoms with Crippen molar-refractivity contribution < 1.29 is 4.84 Å². The zero-order valence-corrected chi connectivity index (χ0v) is 11.7. The minimum Gasteiger partial charge on any atom is -0.369 e. The topological polar surface area (TPSA) is 33.6 Å². The number of para-hydroxylation sites is 1. The van der Waals surface area contributed by atoms with E-state index in [1.807, 2.05) is 48.5 Å². The molecule has 0 saturated heterocycles. The number of oxime groups is 1. The van der Waals surface area contributed by atoms with E-state index in [0.29, 0.717) is 0 Å². The Morgan fingerprint density at radius 2 is 1.55 bits per heavy atom. The quantitative estimate of drug-likeness (QED) is 0.914. The maximum Gasteiger partial charge on any atom is 0.208 e. The number of hydrogen-bond donors (Lipinski definition) is 1. The van der Waals surface area contributed by atoms with E-state index in [2.05, 4.69) is 36.5 Å². The van der Waals surface area contributed by atoms with Gasteiger partial charge in [0.1, 0.15) is 0 Å². The summed E-state index contributed by atoms with van der Waals surface area (Å²) in [5.41, 5.74) is 2.92. The first kappa shape index (κ1) is 12.7. The van der Waals surface area contributed by atoms with Crippen LogP contribution >= 0.6 is 0 Å². The molecule has 1 heterocycles. The largest absolute Gasteiger partial charge is 0.369 e. The van der Waals surface area contributed by atoms with E-state index in [4.69, 9.17) is 4.84 Å². The van der Waals surface area contributed by atoms with E-state index >= 15 is 0 Å². The minimum atomic E-state index is -0.197. The van der Waals surface area contributed by atoms with Crippen molar-refractivity contribution in [3.8, 4) is 0 Å². The van der Waals surface area contributed by atoms with Crippen LogP contribution in [-0.2, 0) is 4.84 Å². The molecule has 0 bridgehead atoms. The van der Waals surface area contributed by atoms with E-state index in [1.54, 1.807) is 0 Å². The first-order chi connectivity index (χ1) is 9.68. The molecule has 0 saturated carbocycles. The SMILES string of the molecule is CC1(C)C(c2ccccc2)=NOC1Nc1ccccc1. The maximum absolute atomic E-state index is 5.62. The van der Waals surface area contributed by atoms with Crippen molar-refractivity contribution in [2.24, 2.45) is 10.6 Å². The lowest BCUT2D eigenvalue weighted by atomic mass is 9.82. The summed E-state index contributed by atoms with van der Waals surface area (Å²) in [5.74, 6) is 0. The molecule has 20 heavy (non-hydrogen) atoms. The van der Waals surface area contributed by atoms with Gasteiger partial charge in [-0.1, -0.05) is 53.7 Å². The Morgan fingerprint density at radius 3 is 2.20 bits per heavy atom. The summed E-state index contributed by atoms with van der Waals surface area (Å²) in [5, 5.41) is 7.68. The highest BCUT2D eigenvalue weighted by Gasteiger charge is 2.42. The Kier molecular flexibility index (Phi) is 3.18. The Labute approximate surface area is 119 Å². The number of nitrogens with zero attached hydrogens (tertiary/aromatic N) is 1. The molecule has 0 fully saturated rings. The van der Waals surface area contributed by atoms with Crippen molar-refractivity contribution in [2.75, 3.05) is 5.32 Å². The average molecular weight is 266 g/mol. The molecule has 0 radical (unpaired) electrons. The van der Waals surface area contributed by atoms with Crippen LogP contribution in [0.15, 0.2) is 65.8 Å². The minimum absolute atomic E-state index is 0.167. The second kappa shape index (κ2) is 5.00. The van der Waals surface area contributed by atoms with Crippen LogP contribution in [0.3, 0.4) is 0 Å². The van der Waals surface area contributed by atoms with Crippen LogP contribution < -0.4 is 5.32 Å². The predicted molar refractivity (Wildman–Crippen MR) is 81.7 cm³/mol. The molecule has 0 amide bonds. The molecule has 0 spiro atoms. The van der Waals surface area contributed by atoms with Crippen LogP contribution in [0.25, 0.3) is 0 Å². The van der Waals surface area contributed by atoms with Gasteiger partial charge in [-0.15, -0.1) is 0 Å². The van der Waals surface area contributed by atoms with Gasteiger partial charge in [-0.25, -0.2) is 0 Å². The van der Waals surface area contributed by atoms with Crippen LogP contribution in [0, 0.1) is 5.41 Å². The van der Waals surface area contributed by atoms with E-state index in [1.165, 1.54) is 0 Å². The standard InChI is InChI=1S/C17H18N2O/c1-17(2)15(13-9-5-3-6-10-13)19-20-16(17)18-14-11-7-4-8-12-14/h3-12,16,18H,1-2H3. The van der Waals surface area contributed by atoms with Gasteiger partial charge in [0.15, 0.2) is 0 Å². The number of hydrogen-bond acceptors (Lipinski definition) is 3. The number of rotatable bonds is 3. The highest BCUT2D eigenvalue weighted by molar-refractivity contribution is 6.05. The highest BCUT2D eigenvalue weighted by Crippen LogP contribution is 2.35. The molecule has 1 atom stereocenters. The Hall–Kier alpha value is -2.29. The lowest BCUT2D eigenvalue weighted by molar-refractivity contribution is 0.0580. The molecule has 1 aliphatic heterocycles. The van der Waals surface area contributed by atoms with Gasteiger partial charge in [0.05, 0.1) is 11.1 Å². The molecule has 3 nitrogen and oxygen atoms in total. The van der Waals surface area contributed by atoms with E-state index < -0.39 is 0 Å². The molecule has 2 aromatic carbocycles. The van der Waals surface area contributed by atoms with Gasteiger partial charge in [-0.2, -0.15) is 0 Å². The number of nitrogens with one attached hydrogen (secondary N) is 1. The van der Waals surface area contributed by atoms with Gasteiger partial charge in [-0.05, 0) is 26.0 Å². The molecule has 0 aliphatic carbocycles. The van der Waals surface area contributed by atoms with Gasteiger partial charge >= 0.3 is 0 Å². The summed E-state index contributed by atoms with van der Waals surface area (Å²) in [6.45, 7) is 4.29. The molecule has 3 rings (SSSR count). The summed E-state index contributed by atoms with van der Waals surface area (Å²) in [6, 6.07) is 20.2. The molecule has 2 aromatic rings. The lowest BCUT2D eigenvalue weighted by Gasteiger charge is -2.27. The van der Waals surface area contributed by atoms with Crippen LogP contribution in [0.4, 0.5) is 5.69 Å². The van der Waals surface area contributed by atoms with E-state index in [9.17, 15) is 0 Å². The van der Waals surface area contributed by atoms with Crippen molar-refractivity contribution in [3.05, 3.63) is 66.2 Å². The van der Waals surface area contributed by atoms with Crippen LogP contribution in [0.2, 0.25) is 0 Å². The van der Waals surface area contributed by atoms with E-state index in [-0.39, 0.29) is 11.6 Å². The van der Waals surface area contributed by atoms with Gasteiger partial charge in [-0.3, -0.25) is 0 Å². The third-order valence-electron chi connectivity index (χ3n) is 3.63. The Bertz CT molecular complexity index is 605. The Morgan fingerprint density at radius 1 is 0.950 bits per heavy atom. The Balaban J connectivity index is 1.82. The number of anilines is 1. The van der Waals surface area contributed by atoms with Crippen molar-refractivity contribution in [1.29, 1.82) is 0 Å². The fourth-order valence-electron chi connectivity index (χ4n) is 2.39. The van der Waals surface area contributed by atoms with Crippen LogP contribution in [0.1, 0.15) is 19.4 Å². The zero-order chi connectivity index (χ0) is 14.0. The summed E-state index contributed by atoms with van der Waals surface area (Å²) in [4.78, 5) is 5.62. The van der Waals surface area contributed by atoms with Crippen molar-refractivity contribution >= 4 is 11.4 Å². The highest BCUT2D eigenvalue weighted by atomic mass is 16.7. The van der Waals surface area contributed by atoms with Gasteiger partial charge in [0.25, 0.3) is 0 Å². The van der Waals surface area contributed by atoms with Gasteiger partial charge in [0.2, 0.25) is 6.23 Å². The molecule has 1 aliphatic rings. The molecule has 3 heteroatoms.